The van der Waals surface area contributed by atoms with Crippen molar-refractivity contribution in [1.82, 2.24) is 0 Å². The molecule has 0 radical (unpaired) electrons. The Morgan fingerprint density at radius 1 is 0.419 bits per heavy atom. The molecule has 0 saturated heterocycles. The van der Waals surface area contributed by atoms with Crippen molar-refractivity contribution in [1.29, 1.82) is 0 Å². The molecular formula is C6H24Cu2N12O4S7. The monoisotopic (exact) mass is 678 g/mol. The molecule has 25 heteroatoms. The minimum atomic E-state index is -5.17. The molecule has 0 spiro atoms. The zero-order valence-corrected chi connectivity index (χ0v) is 22.6. The summed E-state index contributed by atoms with van der Waals surface area (Å²) in [5, 5.41) is 0.00000000000000133. The molecule has 31 heavy (non-hydrogen) atoms. The molecule has 0 aliphatic carbocycles. The summed E-state index contributed by atoms with van der Waals surface area (Å²) in [6.07, 6.45) is 0. The second-order valence-corrected chi connectivity index (χ2v) is 6.47. The van der Waals surface area contributed by atoms with Crippen LogP contribution in [0.4, 0.5) is 0 Å². The molecule has 24 N–H and O–H groups in total. The molecule has 0 rings (SSSR count). The van der Waals surface area contributed by atoms with Crippen molar-refractivity contribution in [3.8, 4) is 0 Å². The van der Waals surface area contributed by atoms with Crippen molar-refractivity contribution in [2.24, 2.45) is 68.8 Å². The van der Waals surface area contributed by atoms with E-state index in [9.17, 15) is 0 Å². The summed E-state index contributed by atoms with van der Waals surface area (Å²) in [5.74, 6) is 0. The first kappa shape index (κ1) is 57.2. The molecule has 0 aromatic carbocycles. The van der Waals surface area contributed by atoms with Gasteiger partial charge < -0.3 is 77.9 Å². The van der Waals surface area contributed by atoms with E-state index in [1.165, 1.54) is 0 Å². The van der Waals surface area contributed by atoms with Gasteiger partial charge in [-0.15, -0.1) is 0 Å². The Morgan fingerprint density at radius 3 is 0.419 bits per heavy atom. The minimum Gasteiger partial charge on any atom is -0.759 e. The molecule has 0 aromatic rings. The van der Waals surface area contributed by atoms with Crippen LogP contribution in [0.2, 0.25) is 0 Å². The molecule has 0 saturated carbocycles. The molecule has 0 heterocycles. The van der Waals surface area contributed by atoms with Crippen LogP contribution in [0.1, 0.15) is 0 Å². The molecular weight excluding hydrogens is 656 g/mol. The first-order valence-electron chi connectivity index (χ1n) is 5.36. The molecule has 16 nitrogen and oxygen atoms in total. The third-order valence-electron chi connectivity index (χ3n) is 0. The van der Waals surface area contributed by atoms with Gasteiger partial charge in [-0.3, -0.25) is 8.42 Å². The Bertz CT molecular complexity index is 469. The molecule has 196 valence electrons. The van der Waals surface area contributed by atoms with E-state index in [2.05, 4.69) is 142 Å². The maximum atomic E-state index is 8.52. The average molecular weight is 680 g/mol. The topological polar surface area (TPSA) is 392 Å². The van der Waals surface area contributed by atoms with Gasteiger partial charge >= 0.3 is 34.1 Å². The van der Waals surface area contributed by atoms with Crippen LogP contribution >= 0.6 is 73.3 Å². The summed E-state index contributed by atoms with van der Waals surface area (Å²) in [6, 6.07) is 0. The van der Waals surface area contributed by atoms with Gasteiger partial charge in [-0.1, -0.05) is 0 Å². The molecule has 0 unspecified atom stereocenters. The Morgan fingerprint density at radius 2 is 0.419 bits per heavy atom. The Labute approximate surface area is 233 Å². The summed E-state index contributed by atoms with van der Waals surface area (Å²) in [4.78, 5) is 0. The maximum absolute atomic E-state index is 8.52. The minimum absolute atomic E-state index is 0. The standard InChI is InChI=1S/6CH4N2S.2Cu.H2O4S/c6*2-1(3)4;;;1-5(2,3)4/h6*(H4,2,3,4);;;(H2,1,2,3,4)/q;;;;;;2*+1;/p-2. The molecule has 0 amide bonds. The molecule has 0 aromatic heterocycles. The van der Waals surface area contributed by atoms with Crippen LogP contribution in [0.3, 0.4) is 0 Å². The first-order chi connectivity index (χ1) is 12.4. The van der Waals surface area contributed by atoms with Gasteiger partial charge in [0.15, 0.2) is 30.7 Å². The van der Waals surface area contributed by atoms with Gasteiger partial charge in [-0.2, -0.15) is 0 Å². The van der Waals surface area contributed by atoms with Crippen molar-refractivity contribution in [3.05, 3.63) is 0 Å². The summed E-state index contributed by atoms with van der Waals surface area (Å²) in [7, 11) is -5.17. The number of thiocarbonyl (C=S) groups is 6. The number of nitrogens with two attached hydrogens (primary N) is 12. The maximum Gasteiger partial charge on any atom is 1.00 e. The van der Waals surface area contributed by atoms with E-state index in [0.29, 0.717) is 0 Å². The zero-order valence-electron chi connectivity index (χ0n) is 15.0. The van der Waals surface area contributed by atoms with Gasteiger partial charge in [0.25, 0.3) is 0 Å². The van der Waals surface area contributed by atoms with E-state index in [1.807, 2.05) is 0 Å². The SMILES string of the molecule is NC(N)=S.NC(N)=S.NC(N)=S.NC(N)=S.NC(N)=S.NC(N)=S.O=S(=O)([O-])[O-].[Cu+].[Cu+]. The number of hydrogen-bond acceptors (Lipinski definition) is 10. The van der Waals surface area contributed by atoms with Crippen LogP contribution in [-0.4, -0.2) is 48.2 Å². The summed E-state index contributed by atoms with van der Waals surface area (Å²) in [6.45, 7) is 0. The van der Waals surface area contributed by atoms with Gasteiger partial charge in [-0.05, 0) is 73.3 Å². The predicted octanol–water partition coefficient (Wildman–Crippen LogP) is -6.21. The Balaban J connectivity index is -0.0000000258. The van der Waals surface area contributed by atoms with Gasteiger partial charge in [0.2, 0.25) is 0 Å². The van der Waals surface area contributed by atoms with Crippen LogP contribution in [0.25, 0.3) is 0 Å². The van der Waals surface area contributed by atoms with Crippen molar-refractivity contribution in [2.45, 2.75) is 0 Å². The fourth-order valence-electron chi connectivity index (χ4n) is 0. The van der Waals surface area contributed by atoms with Crippen molar-refractivity contribution < 1.29 is 51.7 Å². The fourth-order valence-corrected chi connectivity index (χ4v) is 0. The molecule has 0 atom stereocenters. The van der Waals surface area contributed by atoms with Crippen LogP contribution in [0.5, 0.6) is 0 Å². The number of hydrogen-bond donors (Lipinski definition) is 12. The molecule has 0 fully saturated rings. The largest absolute Gasteiger partial charge is 1.00 e. The third-order valence-corrected chi connectivity index (χ3v) is 0. The van der Waals surface area contributed by atoms with Crippen molar-refractivity contribution >= 4 is 114 Å². The zero-order chi connectivity index (χ0) is 26.0. The second kappa shape index (κ2) is 43.0. The van der Waals surface area contributed by atoms with Crippen LogP contribution in [0, 0.1) is 0 Å². The fraction of sp³-hybridized carbons (Fsp3) is 0. The van der Waals surface area contributed by atoms with Crippen LogP contribution in [-0.2, 0) is 44.5 Å². The van der Waals surface area contributed by atoms with E-state index in [1.54, 1.807) is 0 Å². The van der Waals surface area contributed by atoms with Crippen molar-refractivity contribution in [3.63, 3.8) is 0 Å². The van der Waals surface area contributed by atoms with E-state index in [4.69, 9.17) is 17.5 Å². The number of rotatable bonds is 0. The van der Waals surface area contributed by atoms with Crippen LogP contribution < -0.4 is 68.8 Å². The van der Waals surface area contributed by atoms with E-state index in [-0.39, 0.29) is 64.8 Å². The Kier molecular flexibility index (Phi) is 79.4. The van der Waals surface area contributed by atoms with Gasteiger partial charge in [-0.25, -0.2) is 0 Å². The smallest absolute Gasteiger partial charge is 0.759 e. The van der Waals surface area contributed by atoms with Crippen LogP contribution in [0.15, 0.2) is 0 Å². The van der Waals surface area contributed by atoms with Gasteiger partial charge in [0, 0.05) is 10.4 Å². The summed E-state index contributed by atoms with van der Waals surface area (Å²) >= 11 is 24.6. The van der Waals surface area contributed by atoms with Gasteiger partial charge in [0.1, 0.15) is 0 Å². The predicted molar refractivity (Wildman–Crippen MR) is 136 cm³/mol. The summed E-state index contributed by atoms with van der Waals surface area (Å²) in [5.41, 5.74) is 55.4. The third kappa shape index (κ3) is 23500. The quantitative estimate of drug-likeness (QED) is 0.0490. The average Bonchev–Trinajstić information content (AvgIpc) is 2.18. The Hall–Kier alpha value is -0.951. The van der Waals surface area contributed by atoms with Crippen molar-refractivity contribution in [2.75, 3.05) is 0 Å². The molecule has 0 aliphatic heterocycles. The molecule has 0 aliphatic rings. The van der Waals surface area contributed by atoms with E-state index < -0.39 is 10.4 Å². The van der Waals surface area contributed by atoms with E-state index >= 15 is 0 Å². The summed E-state index contributed by atoms with van der Waals surface area (Å²) < 4.78 is 34.1. The molecule has 0 bridgehead atoms. The van der Waals surface area contributed by atoms with E-state index in [0.717, 1.165) is 0 Å². The van der Waals surface area contributed by atoms with Gasteiger partial charge in [0.05, 0.1) is 0 Å². The second-order valence-electron chi connectivity index (χ2n) is 2.82. The normalized spacial score (nSPS) is 6.52. The first-order valence-corrected chi connectivity index (χ1v) is 9.14.